The molecule has 0 aliphatic carbocycles. The minimum absolute atomic E-state index is 0.103. The molecule has 1 heterocycles. The van der Waals surface area contributed by atoms with E-state index in [0.29, 0.717) is 13.2 Å². The van der Waals surface area contributed by atoms with Gasteiger partial charge in [0.1, 0.15) is 0 Å². The first-order chi connectivity index (χ1) is 5.74. The first-order valence-electron chi connectivity index (χ1n) is 3.81. The van der Waals surface area contributed by atoms with Crippen LogP contribution in [0.15, 0.2) is 12.1 Å². The Kier molecular flexibility index (Phi) is 4.01. The summed E-state index contributed by atoms with van der Waals surface area (Å²) in [5, 5.41) is 0. The molecule has 0 radical (unpaired) electrons. The van der Waals surface area contributed by atoms with Gasteiger partial charge in [-0.1, -0.05) is 11.6 Å². The second kappa shape index (κ2) is 4.82. The molecule has 1 unspecified atom stereocenters. The molecule has 0 saturated heterocycles. The first kappa shape index (κ1) is 9.99. The molecule has 0 aliphatic heterocycles. The van der Waals surface area contributed by atoms with Crippen molar-refractivity contribution < 1.29 is 4.74 Å². The van der Waals surface area contributed by atoms with Gasteiger partial charge in [-0.15, -0.1) is 11.3 Å². The zero-order valence-electron chi connectivity index (χ0n) is 6.92. The van der Waals surface area contributed by atoms with Gasteiger partial charge >= 0.3 is 0 Å². The summed E-state index contributed by atoms with van der Waals surface area (Å²) in [5.74, 6) is 0. The predicted octanol–water partition coefficient (Wildman–Crippen LogP) is 2.44. The lowest BCUT2D eigenvalue weighted by atomic mass is 10.3. The second-order valence-corrected chi connectivity index (χ2v) is 4.19. The van der Waals surface area contributed by atoms with Gasteiger partial charge in [-0.05, 0) is 19.1 Å². The maximum atomic E-state index is 5.78. The van der Waals surface area contributed by atoms with Crippen LogP contribution in [0.5, 0.6) is 0 Å². The summed E-state index contributed by atoms with van der Waals surface area (Å²) in [6.45, 7) is 3.15. The molecular formula is C8H12ClNOS. The van der Waals surface area contributed by atoms with Gasteiger partial charge in [-0.25, -0.2) is 0 Å². The number of nitrogens with two attached hydrogens (primary N) is 1. The van der Waals surface area contributed by atoms with Crippen molar-refractivity contribution in [2.24, 2.45) is 5.73 Å². The van der Waals surface area contributed by atoms with E-state index in [9.17, 15) is 0 Å². The number of hydrogen-bond donors (Lipinski definition) is 1. The Morgan fingerprint density at radius 3 is 2.92 bits per heavy atom. The number of thiophene rings is 1. The summed E-state index contributed by atoms with van der Waals surface area (Å²) in [7, 11) is 0. The number of rotatable bonds is 4. The molecule has 0 amide bonds. The Labute approximate surface area is 81.3 Å². The van der Waals surface area contributed by atoms with Gasteiger partial charge < -0.3 is 10.5 Å². The summed E-state index contributed by atoms with van der Waals surface area (Å²) in [4.78, 5) is 1.15. The van der Waals surface area contributed by atoms with E-state index < -0.39 is 0 Å². The Morgan fingerprint density at radius 1 is 1.67 bits per heavy atom. The fraction of sp³-hybridized carbons (Fsp3) is 0.500. The molecule has 0 aliphatic rings. The topological polar surface area (TPSA) is 35.2 Å². The Bertz CT molecular complexity index is 239. The largest absolute Gasteiger partial charge is 0.372 e. The van der Waals surface area contributed by atoms with Gasteiger partial charge in [-0.3, -0.25) is 0 Å². The van der Waals surface area contributed by atoms with E-state index in [0.717, 1.165) is 9.21 Å². The van der Waals surface area contributed by atoms with Crippen LogP contribution in [0.2, 0.25) is 4.34 Å². The fourth-order valence-corrected chi connectivity index (χ4v) is 1.94. The first-order valence-corrected chi connectivity index (χ1v) is 5.00. The van der Waals surface area contributed by atoms with Crippen LogP contribution in [0.1, 0.15) is 17.9 Å². The van der Waals surface area contributed by atoms with Crippen LogP contribution in [0.4, 0.5) is 0 Å². The van der Waals surface area contributed by atoms with Gasteiger partial charge in [0, 0.05) is 11.4 Å². The van der Waals surface area contributed by atoms with Crippen LogP contribution in [0.25, 0.3) is 0 Å². The standard InChI is InChI=1S/C8H12ClNOS/c1-6(11-5-4-10)7-2-3-8(9)12-7/h2-3,6H,4-5,10H2,1H3. The molecule has 0 saturated carbocycles. The lowest BCUT2D eigenvalue weighted by Gasteiger charge is -2.09. The van der Waals surface area contributed by atoms with E-state index in [2.05, 4.69) is 0 Å². The van der Waals surface area contributed by atoms with E-state index in [1.807, 2.05) is 19.1 Å². The van der Waals surface area contributed by atoms with E-state index in [4.69, 9.17) is 22.1 Å². The summed E-state index contributed by atoms with van der Waals surface area (Å²) >= 11 is 7.32. The van der Waals surface area contributed by atoms with Crippen LogP contribution in [-0.4, -0.2) is 13.2 Å². The van der Waals surface area contributed by atoms with Crippen molar-refractivity contribution in [3.63, 3.8) is 0 Å². The summed E-state index contributed by atoms with van der Waals surface area (Å²) in [6.07, 6.45) is 0.103. The third kappa shape index (κ3) is 2.75. The normalized spacial score (nSPS) is 13.2. The lowest BCUT2D eigenvalue weighted by molar-refractivity contribution is 0.0742. The van der Waals surface area contributed by atoms with Crippen molar-refractivity contribution in [1.29, 1.82) is 0 Å². The van der Waals surface area contributed by atoms with Crippen LogP contribution >= 0.6 is 22.9 Å². The maximum Gasteiger partial charge on any atom is 0.0932 e. The summed E-state index contributed by atoms with van der Waals surface area (Å²) < 4.78 is 6.22. The Balaban J connectivity index is 2.47. The van der Waals surface area contributed by atoms with Gasteiger partial charge in [0.15, 0.2) is 0 Å². The minimum Gasteiger partial charge on any atom is -0.372 e. The van der Waals surface area contributed by atoms with E-state index in [1.54, 1.807) is 11.3 Å². The predicted molar refractivity (Wildman–Crippen MR) is 52.8 cm³/mol. The highest BCUT2D eigenvalue weighted by molar-refractivity contribution is 7.16. The SMILES string of the molecule is CC(OCCN)c1ccc(Cl)s1. The van der Waals surface area contributed by atoms with Crippen LogP contribution in [0.3, 0.4) is 0 Å². The average molecular weight is 206 g/mol. The minimum atomic E-state index is 0.103. The van der Waals surface area contributed by atoms with Crippen molar-refractivity contribution in [2.45, 2.75) is 13.0 Å². The van der Waals surface area contributed by atoms with Crippen molar-refractivity contribution in [3.05, 3.63) is 21.3 Å². The smallest absolute Gasteiger partial charge is 0.0932 e. The molecule has 4 heteroatoms. The highest BCUT2D eigenvalue weighted by Crippen LogP contribution is 2.28. The molecule has 68 valence electrons. The third-order valence-electron chi connectivity index (χ3n) is 1.48. The Hall–Kier alpha value is -0.0900. The van der Waals surface area contributed by atoms with Gasteiger partial charge in [0.2, 0.25) is 0 Å². The molecule has 2 N–H and O–H groups in total. The van der Waals surface area contributed by atoms with Crippen LogP contribution < -0.4 is 5.73 Å². The molecule has 1 rings (SSSR count). The van der Waals surface area contributed by atoms with Gasteiger partial charge in [0.05, 0.1) is 17.0 Å². The molecule has 0 bridgehead atoms. The number of ether oxygens (including phenoxy) is 1. The monoisotopic (exact) mass is 205 g/mol. The molecule has 0 aromatic carbocycles. The molecule has 1 atom stereocenters. The highest BCUT2D eigenvalue weighted by atomic mass is 35.5. The molecule has 1 aromatic rings. The zero-order valence-corrected chi connectivity index (χ0v) is 8.49. The maximum absolute atomic E-state index is 5.78. The average Bonchev–Trinajstić information content (AvgIpc) is 2.47. The lowest BCUT2D eigenvalue weighted by Crippen LogP contribution is -2.10. The molecule has 1 aromatic heterocycles. The molecule has 2 nitrogen and oxygen atoms in total. The summed E-state index contributed by atoms with van der Waals surface area (Å²) in [6, 6.07) is 3.86. The highest BCUT2D eigenvalue weighted by Gasteiger charge is 2.07. The molecule has 0 spiro atoms. The second-order valence-electron chi connectivity index (χ2n) is 2.44. The van der Waals surface area contributed by atoms with Crippen molar-refractivity contribution in [3.8, 4) is 0 Å². The van der Waals surface area contributed by atoms with Crippen LogP contribution in [-0.2, 0) is 4.74 Å². The zero-order chi connectivity index (χ0) is 8.97. The van der Waals surface area contributed by atoms with Gasteiger partial charge in [-0.2, -0.15) is 0 Å². The van der Waals surface area contributed by atoms with E-state index >= 15 is 0 Å². The number of halogens is 1. The quantitative estimate of drug-likeness (QED) is 0.820. The summed E-state index contributed by atoms with van der Waals surface area (Å²) in [5.41, 5.74) is 5.31. The third-order valence-corrected chi connectivity index (χ3v) is 2.87. The van der Waals surface area contributed by atoms with Gasteiger partial charge in [0.25, 0.3) is 0 Å². The Morgan fingerprint density at radius 2 is 2.42 bits per heavy atom. The molecular weight excluding hydrogens is 194 g/mol. The molecule has 12 heavy (non-hydrogen) atoms. The van der Waals surface area contributed by atoms with Crippen molar-refractivity contribution >= 4 is 22.9 Å². The van der Waals surface area contributed by atoms with Crippen LogP contribution in [0, 0.1) is 0 Å². The molecule has 0 fully saturated rings. The van der Waals surface area contributed by atoms with E-state index in [1.165, 1.54) is 0 Å². The van der Waals surface area contributed by atoms with Crippen molar-refractivity contribution in [1.82, 2.24) is 0 Å². The van der Waals surface area contributed by atoms with E-state index in [-0.39, 0.29) is 6.10 Å². The fourth-order valence-electron chi connectivity index (χ4n) is 0.874. The van der Waals surface area contributed by atoms with Crippen molar-refractivity contribution in [2.75, 3.05) is 13.2 Å². The number of hydrogen-bond acceptors (Lipinski definition) is 3.